The van der Waals surface area contributed by atoms with E-state index in [0.717, 1.165) is 0 Å². The zero-order chi connectivity index (χ0) is 24.2. The largest absolute Gasteiger partial charge is 0.494 e. The van der Waals surface area contributed by atoms with Crippen LogP contribution in [0.2, 0.25) is 0 Å². The summed E-state index contributed by atoms with van der Waals surface area (Å²) < 4.78 is 16.6. The lowest BCUT2D eigenvalue weighted by molar-refractivity contribution is -0.144. The van der Waals surface area contributed by atoms with Crippen LogP contribution in [0.4, 0.5) is 5.69 Å². The molecule has 0 radical (unpaired) electrons. The lowest BCUT2D eigenvalue weighted by Gasteiger charge is -2.21. The van der Waals surface area contributed by atoms with E-state index < -0.39 is 18.0 Å². The number of ether oxygens (including phenoxy) is 3. The number of carboxylic acids is 1. The Morgan fingerprint density at radius 3 is 2.30 bits per heavy atom. The number of oxime groups is 1. The van der Waals surface area contributed by atoms with Gasteiger partial charge in [-0.2, -0.15) is 0 Å². The molecule has 5 N–H and O–H groups in total. The van der Waals surface area contributed by atoms with E-state index in [1.165, 1.54) is 0 Å². The molecule has 2 aromatic rings. The van der Waals surface area contributed by atoms with Gasteiger partial charge in [-0.1, -0.05) is 5.16 Å². The normalized spacial score (nSPS) is 12.0. The highest BCUT2D eigenvalue weighted by Gasteiger charge is 2.24. The van der Waals surface area contributed by atoms with Gasteiger partial charge in [-0.25, -0.2) is 4.79 Å². The zero-order valence-corrected chi connectivity index (χ0v) is 18.6. The van der Waals surface area contributed by atoms with Crippen LogP contribution in [0.25, 0.3) is 0 Å². The van der Waals surface area contributed by atoms with Crippen molar-refractivity contribution in [2.45, 2.75) is 32.7 Å². The Hall–Kier alpha value is -3.95. The van der Waals surface area contributed by atoms with Crippen molar-refractivity contribution in [3.05, 3.63) is 53.6 Å². The van der Waals surface area contributed by atoms with Gasteiger partial charge < -0.3 is 35.6 Å². The number of nitrogens with one attached hydrogen (secondary N) is 1. The van der Waals surface area contributed by atoms with Crippen LogP contribution in [0.3, 0.4) is 0 Å². The summed E-state index contributed by atoms with van der Waals surface area (Å²) in [5.74, 6) is -0.477. The number of nitrogens with zero attached hydrogens (tertiary/aromatic N) is 1. The zero-order valence-electron chi connectivity index (χ0n) is 18.6. The van der Waals surface area contributed by atoms with E-state index in [0.29, 0.717) is 41.3 Å². The Labute approximate surface area is 191 Å². The molecule has 0 heterocycles. The van der Waals surface area contributed by atoms with Gasteiger partial charge in [0, 0.05) is 23.7 Å². The number of carbonyl (C=O) groups excluding carboxylic acids is 1. The minimum absolute atomic E-state index is 0.00743. The molecule has 0 fully saturated rings. The topological polar surface area (TPSA) is 153 Å². The number of amidine groups is 1. The number of hydrogen-bond donors (Lipinski definition) is 4. The van der Waals surface area contributed by atoms with Gasteiger partial charge in [-0.15, -0.1) is 0 Å². The number of hydrogen-bond acceptors (Lipinski definition) is 8. The number of carbonyl (C=O) groups is 2. The van der Waals surface area contributed by atoms with Gasteiger partial charge in [0.15, 0.2) is 11.9 Å². The van der Waals surface area contributed by atoms with Crippen LogP contribution in [0.1, 0.15) is 43.9 Å². The fraction of sp³-hybridized carbons (Fsp3) is 0.348. The first-order chi connectivity index (χ1) is 15.9. The average molecular weight is 459 g/mol. The van der Waals surface area contributed by atoms with E-state index in [4.69, 9.17) is 30.3 Å². The summed E-state index contributed by atoms with van der Waals surface area (Å²) in [6, 6.07) is 10.9. The Kier molecular flexibility index (Phi) is 9.81. The molecule has 0 spiro atoms. The van der Waals surface area contributed by atoms with E-state index in [-0.39, 0.29) is 25.5 Å². The number of benzene rings is 2. The summed E-state index contributed by atoms with van der Waals surface area (Å²) >= 11 is 0. The summed E-state index contributed by atoms with van der Waals surface area (Å²) in [6.45, 7) is 4.37. The molecule has 0 aliphatic rings. The van der Waals surface area contributed by atoms with Crippen LogP contribution < -0.4 is 20.5 Å². The number of esters is 1. The maximum atomic E-state index is 12.8. The molecule has 0 saturated carbocycles. The van der Waals surface area contributed by atoms with Crippen molar-refractivity contribution in [1.82, 2.24) is 0 Å². The number of nitrogens with two attached hydrogens (primary N) is 1. The van der Waals surface area contributed by atoms with Crippen LogP contribution in [0, 0.1) is 0 Å². The second-order valence-electron chi connectivity index (χ2n) is 6.91. The fourth-order valence-corrected chi connectivity index (χ4v) is 2.97. The van der Waals surface area contributed by atoms with Crippen LogP contribution in [-0.4, -0.2) is 47.9 Å². The Morgan fingerprint density at radius 2 is 1.73 bits per heavy atom. The van der Waals surface area contributed by atoms with Crippen LogP contribution >= 0.6 is 0 Å². The third-order valence-corrected chi connectivity index (χ3v) is 4.47. The summed E-state index contributed by atoms with van der Waals surface area (Å²) in [4.78, 5) is 23.5. The molecule has 0 bridgehead atoms. The van der Waals surface area contributed by atoms with Crippen molar-refractivity contribution >= 4 is 23.5 Å². The van der Waals surface area contributed by atoms with E-state index in [1.54, 1.807) is 49.4 Å². The predicted octanol–water partition coefficient (Wildman–Crippen LogP) is 3.14. The van der Waals surface area contributed by atoms with Crippen LogP contribution in [0.5, 0.6) is 11.5 Å². The highest BCUT2D eigenvalue weighted by molar-refractivity contribution is 5.97. The molecule has 1 atom stereocenters. The van der Waals surface area contributed by atoms with Crippen molar-refractivity contribution in [2.24, 2.45) is 10.9 Å². The fourth-order valence-electron chi connectivity index (χ4n) is 2.97. The van der Waals surface area contributed by atoms with Gasteiger partial charge >= 0.3 is 11.9 Å². The quantitative estimate of drug-likeness (QED) is 0.0883. The molecular weight excluding hydrogens is 430 g/mol. The lowest BCUT2D eigenvalue weighted by Crippen LogP contribution is -2.23. The standard InChI is InChI=1S/C23H29N3O7/c1-3-31-18-12-16(13-19(14-18)33-11-5-6-20(27)28)21(23(29)32-4-2)25-17-9-7-15(8-10-17)22(24)26-30/h7-10,12-14,21,25,30H,3-6,11H2,1-2H3,(H2,24,26)(H,27,28). The number of carboxylic acid groups (broad SMARTS) is 1. The van der Waals surface area contributed by atoms with E-state index in [9.17, 15) is 9.59 Å². The van der Waals surface area contributed by atoms with E-state index in [2.05, 4.69) is 10.5 Å². The Morgan fingerprint density at radius 1 is 1.06 bits per heavy atom. The SMILES string of the molecule is CCOC(=O)C(Nc1ccc(C(N)=NO)cc1)c1cc(OCC)cc(OCCCC(=O)O)c1. The average Bonchev–Trinajstić information content (AvgIpc) is 2.80. The van der Waals surface area contributed by atoms with Gasteiger partial charge in [-0.3, -0.25) is 4.79 Å². The van der Waals surface area contributed by atoms with Crippen molar-refractivity contribution in [1.29, 1.82) is 0 Å². The van der Waals surface area contributed by atoms with Gasteiger partial charge in [-0.05, 0) is 62.2 Å². The van der Waals surface area contributed by atoms with Gasteiger partial charge in [0.1, 0.15) is 11.5 Å². The molecule has 0 aliphatic carbocycles. The third-order valence-electron chi connectivity index (χ3n) is 4.47. The van der Waals surface area contributed by atoms with Gasteiger partial charge in [0.05, 0.1) is 19.8 Å². The van der Waals surface area contributed by atoms with Crippen molar-refractivity contribution in [3.8, 4) is 11.5 Å². The molecular formula is C23H29N3O7. The maximum absolute atomic E-state index is 12.8. The summed E-state index contributed by atoms with van der Waals surface area (Å²) in [5.41, 5.74) is 7.27. The summed E-state index contributed by atoms with van der Waals surface area (Å²) in [6.07, 6.45) is 0.336. The second-order valence-corrected chi connectivity index (χ2v) is 6.91. The molecule has 2 rings (SSSR count). The van der Waals surface area contributed by atoms with Crippen molar-refractivity contribution < 1.29 is 34.1 Å². The van der Waals surface area contributed by atoms with Crippen LogP contribution in [-0.2, 0) is 14.3 Å². The number of aliphatic carboxylic acids is 1. The number of rotatable bonds is 13. The Bertz CT molecular complexity index is 961. The smallest absolute Gasteiger partial charge is 0.333 e. The first-order valence-corrected chi connectivity index (χ1v) is 10.5. The minimum Gasteiger partial charge on any atom is -0.494 e. The van der Waals surface area contributed by atoms with Crippen molar-refractivity contribution in [3.63, 3.8) is 0 Å². The first-order valence-electron chi connectivity index (χ1n) is 10.5. The molecule has 0 aliphatic heterocycles. The molecule has 1 unspecified atom stereocenters. The molecule has 178 valence electrons. The monoisotopic (exact) mass is 459 g/mol. The highest BCUT2D eigenvalue weighted by Crippen LogP contribution is 2.30. The highest BCUT2D eigenvalue weighted by atomic mass is 16.5. The maximum Gasteiger partial charge on any atom is 0.333 e. The molecule has 10 heteroatoms. The number of anilines is 1. The predicted molar refractivity (Wildman–Crippen MR) is 122 cm³/mol. The summed E-state index contributed by atoms with van der Waals surface area (Å²) in [5, 5.41) is 23.7. The lowest BCUT2D eigenvalue weighted by atomic mass is 10.0. The molecule has 0 aromatic heterocycles. The van der Waals surface area contributed by atoms with E-state index in [1.807, 2.05) is 6.92 Å². The van der Waals surface area contributed by atoms with Gasteiger partial charge in [0.25, 0.3) is 0 Å². The molecule has 33 heavy (non-hydrogen) atoms. The van der Waals surface area contributed by atoms with Gasteiger partial charge in [0.2, 0.25) is 0 Å². The molecule has 0 saturated heterocycles. The third kappa shape index (κ3) is 7.91. The first kappa shape index (κ1) is 25.3. The molecule has 0 amide bonds. The minimum atomic E-state index is -0.896. The second kappa shape index (κ2) is 12.8. The molecule has 10 nitrogen and oxygen atoms in total. The summed E-state index contributed by atoms with van der Waals surface area (Å²) in [7, 11) is 0. The molecule has 2 aromatic carbocycles. The Balaban J connectivity index is 2.32. The van der Waals surface area contributed by atoms with Crippen molar-refractivity contribution in [2.75, 3.05) is 25.1 Å². The van der Waals surface area contributed by atoms with E-state index >= 15 is 0 Å². The van der Waals surface area contributed by atoms with Crippen LogP contribution in [0.15, 0.2) is 47.6 Å².